The maximum Gasteiger partial charge on any atom is 0.0811 e. The summed E-state index contributed by atoms with van der Waals surface area (Å²) in [4.78, 5) is 5.41. The van der Waals surface area contributed by atoms with Gasteiger partial charge in [0.25, 0.3) is 0 Å². The third-order valence-corrected chi connectivity index (χ3v) is 4.84. The molecule has 1 aromatic heterocycles. The van der Waals surface area contributed by atoms with Gasteiger partial charge in [0.05, 0.1) is 11.2 Å². The monoisotopic (exact) mass is 376 g/mol. The van der Waals surface area contributed by atoms with Crippen LogP contribution in [-0.4, -0.2) is 12.0 Å². The summed E-state index contributed by atoms with van der Waals surface area (Å²) in [5.41, 5.74) is 5.52. The second-order valence-electron chi connectivity index (χ2n) is 5.41. The summed E-state index contributed by atoms with van der Waals surface area (Å²) in [5, 5.41) is 2.85. The number of benzene rings is 2. The molecule has 5 heteroatoms. The van der Waals surface area contributed by atoms with Crippen LogP contribution in [0.25, 0.3) is 11.3 Å². The van der Waals surface area contributed by atoms with Crippen molar-refractivity contribution in [3.8, 4) is 11.3 Å². The number of aromatic nitrogens is 1. The van der Waals surface area contributed by atoms with E-state index in [-0.39, 0.29) is 0 Å². The van der Waals surface area contributed by atoms with Crippen molar-refractivity contribution in [2.45, 2.75) is 24.7 Å². The molecule has 0 spiro atoms. The van der Waals surface area contributed by atoms with E-state index in [1.807, 2.05) is 36.8 Å². The molecule has 24 heavy (non-hydrogen) atoms. The van der Waals surface area contributed by atoms with E-state index >= 15 is 0 Å². The highest BCUT2D eigenvalue weighted by Gasteiger charge is 2.01. The second kappa shape index (κ2) is 9.84. The van der Waals surface area contributed by atoms with Crippen molar-refractivity contribution in [1.29, 1.82) is 0 Å². The molecule has 1 heterocycles. The van der Waals surface area contributed by atoms with Crippen molar-refractivity contribution in [3.05, 3.63) is 70.0 Å². The van der Waals surface area contributed by atoms with Gasteiger partial charge in [-0.3, -0.25) is 4.72 Å². The molecule has 0 saturated heterocycles. The molecule has 2 nitrogen and oxygen atoms in total. The molecule has 0 radical (unpaired) electrons. The Kier molecular flexibility index (Phi) is 7.79. The summed E-state index contributed by atoms with van der Waals surface area (Å²) in [5.74, 6) is 0.597. The van der Waals surface area contributed by atoms with Gasteiger partial charge in [0.1, 0.15) is 0 Å². The van der Waals surface area contributed by atoms with Gasteiger partial charge in [0, 0.05) is 20.9 Å². The summed E-state index contributed by atoms with van der Waals surface area (Å²) in [7, 11) is 1.88. The Morgan fingerprint density at radius 3 is 2.42 bits per heavy atom. The van der Waals surface area contributed by atoms with Crippen molar-refractivity contribution in [1.82, 2.24) is 9.71 Å². The zero-order valence-corrected chi connectivity index (χ0v) is 16.4. The summed E-state index contributed by atoms with van der Waals surface area (Å²) in [6.45, 7) is 4.41. The highest BCUT2D eigenvalue weighted by molar-refractivity contribution is 7.97. The molecule has 0 aliphatic rings. The molecule has 126 valence electrons. The van der Waals surface area contributed by atoms with E-state index in [2.05, 4.69) is 53.2 Å². The summed E-state index contributed by atoms with van der Waals surface area (Å²) < 4.78 is 2.97. The van der Waals surface area contributed by atoms with Crippen LogP contribution in [0.3, 0.4) is 0 Å². The van der Waals surface area contributed by atoms with Crippen LogP contribution in [0.5, 0.6) is 0 Å². The lowest BCUT2D eigenvalue weighted by Crippen LogP contribution is -1.89. The quantitative estimate of drug-likeness (QED) is 0.526. The van der Waals surface area contributed by atoms with Gasteiger partial charge in [-0.2, -0.15) is 0 Å². The van der Waals surface area contributed by atoms with E-state index in [1.54, 1.807) is 23.3 Å². The van der Waals surface area contributed by atoms with Crippen LogP contribution in [0.4, 0.5) is 0 Å². The Balaban J connectivity index is 0.000000185. The topological polar surface area (TPSA) is 24.9 Å². The van der Waals surface area contributed by atoms with Crippen LogP contribution < -0.4 is 4.72 Å². The highest BCUT2D eigenvalue weighted by atomic mass is 35.5. The van der Waals surface area contributed by atoms with Crippen molar-refractivity contribution in [2.24, 2.45) is 0 Å². The van der Waals surface area contributed by atoms with E-state index < -0.39 is 0 Å². The standard InChI is InChI=1S/C12H13NS.C7H8ClNS/c1-9(2)10-3-5-11(6-4-10)12-7-14-8-13-12;1-9-10-7-4-2-3-6(8)5-7/h3-9H,1-2H3;2-5,9H,1H3. The number of halogens is 1. The number of nitrogens with one attached hydrogen (secondary N) is 1. The molecule has 0 unspecified atom stereocenters. The van der Waals surface area contributed by atoms with Crippen LogP contribution in [0.15, 0.2) is 64.3 Å². The first-order valence-corrected chi connectivity index (χ1v) is 9.81. The largest absolute Gasteiger partial charge is 0.263 e. The van der Waals surface area contributed by atoms with Gasteiger partial charge in [-0.15, -0.1) is 11.3 Å². The molecule has 1 N–H and O–H groups in total. The first-order valence-electron chi connectivity index (χ1n) is 7.68. The Labute approximate surface area is 157 Å². The Hall–Kier alpha value is -1.33. The SMILES string of the molecule is CC(C)c1ccc(-c2cscn2)cc1.CNSc1cccc(Cl)c1. The van der Waals surface area contributed by atoms with E-state index in [0.29, 0.717) is 5.92 Å². The molecule has 0 aliphatic heterocycles. The van der Waals surface area contributed by atoms with Crippen LogP contribution in [0.2, 0.25) is 5.02 Å². The molecule has 0 amide bonds. The number of hydrogen-bond acceptors (Lipinski definition) is 4. The summed E-state index contributed by atoms with van der Waals surface area (Å²) in [6, 6.07) is 16.4. The normalized spacial score (nSPS) is 10.4. The number of thiazole rings is 1. The highest BCUT2D eigenvalue weighted by Crippen LogP contribution is 2.22. The van der Waals surface area contributed by atoms with Gasteiger partial charge in [-0.25, -0.2) is 4.98 Å². The van der Waals surface area contributed by atoms with Gasteiger partial charge >= 0.3 is 0 Å². The lowest BCUT2D eigenvalue weighted by atomic mass is 10.0. The van der Waals surface area contributed by atoms with Crippen molar-refractivity contribution >= 4 is 34.9 Å². The van der Waals surface area contributed by atoms with E-state index in [0.717, 1.165) is 15.6 Å². The Morgan fingerprint density at radius 2 is 1.88 bits per heavy atom. The fourth-order valence-corrected chi connectivity index (χ4v) is 3.43. The number of rotatable bonds is 4. The molecule has 0 fully saturated rings. The molecule has 0 atom stereocenters. The molecular weight excluding hydrogens is 356 g/mol. The van der Waals surface area contributed by atoms with E-state index in [4.69, 9.17) is 11.6 Å². The summed E-state index contributed by atoms with van der Waals surface area (Å²) in [6.07, 6.45) is 0. The van der Waals surface area contributed by atoms with Gasteiger partial charge in [-0.1, -0.05) is 55.8 Å². The molecule has 0 aliphatic carbocycles. The van der Waals surface area contributed by atoms with Gasteiger partial charge < -0.3 is 0 Å². The first-order chi connectivity index (χ1) is 11.6. The minimum absolute atomic E-state index is 0.597. The smallest absolute Gasteiger partial charge is 0.0811 e. The fourth-order valence-electron chi connectivity index (χ4n) is 2.04. The van der Waals surface area contributed by atoms with Gasteiger partial charge in [-0.05, 0) is 48.7 Å². The van der Waals surface area contributed by atoms with Crippen LogP contribution in [0, 0.1) is 0 Å². The first kappa shape index (κ1) is 19.0. The van der Waals surface area contributed by atoms with Gasteiger partial charge in [0.15, 0.2) is 0 Å². The van der Waals surface area contributed by atoms with Gasteiger partial charge in [0.2, 0.25) is 0 Å². The van der Waals surface area contributed by atoms with Crippen molar-refractivity contribution < 1.29 is 0 Å². The van der Waals surface area contributed by atoms with E-state index in [9.17, 15) is 0 Å². The van der Waals surface area contributed by atoms with Crippen LogP contribution in [-0.2, 0) is 0 Å². The number of nitrogens with zero attached hydrogens (tertiary/aromatic N) is 1. The third kappa shape index (κ3) is 5.95. The average molecular weight is 377 g/mol. The molecule has 3 rings (SSSR count). The molecular formula is C19H21ClN2S2. The molecule has 0 saturated carbocycles. The fraction of sp³-hybridized carbons (Fsp3) is 0.211. The lowest BCUT2D eigenvalue weighted by Gasteiger charge is -2.05. The minimum atomic E-state index is 0.597. The molecule has 0 bridgehead atoms. The van der Waals surface area contributed by atoms with Crippen molar-refractivity contribution in [2.75, 3.05) is 7.05 Å². The Bertz CT molecular complexity index is 725. The number of hydrogen-bond donors (Lipinski definition) is 1. The molecule has 2 aromatic carbocycles. The molecule has 3 aromatic rings. The van der Waals surface area contributed by atoms with Crippen LogP contribution >= 0.6 is 34.9 Å². The summed E-state index contributed by atoms with van der Waals surface area (Å²) >= 11 is 8.93. The van der Waals surface area contributed by atoms with Crippen molar-refractivity contribution in [3.63, 3.8) is 0 Å². The van der Waals surface area contributed by atoms with Crippen LogP contribution in [0.1, 0.15) is 25.3 Å². The zero-order chi connectivity index (χ0) is 17.4. The lowest BCUT2D eigenvalue weighted by molar-refractivity contribution is 0.867. The Morgan fingerprint density at radius 1 is 1.12 bits per heavy atom. The predicted octanol–water partition coefficient (Wildman–Crippen LogP) is 6.50. The predicted molar refractivity (Wildman–Crippen MR) is 108 cm³/mol. The maximum absolute atomic E-state index is 5.74. The second-order valence-corrected chi connectivity index (χ2v) is 7.65. The maximum atomic E-state index is 5.74. The third-order valence-electron chi connectivity index (χ3n) is 3.32. The van der Waals surface area contributed by atoms with E-state index in [1.165, 1.54) is 11.1 Å². The zero-order valence-electron chi connectivity index (χ0n) is 14.0. The minimum Gasteiger partial charge on any atom is -0.263 e. The average Bonchev–Trinajstić information content (AvgIpc) is 3.10.